The Bertz CT molecular complexity index is 1070. The molecule has 1 aromatic heterocycles. The van der Waals surface area contributed by atoms with E-state index in [9.17, 15) is 19.6 Å². The summed E-state index contributed by atoms with van der Waals surface area (Å²) in [6, 6.07) is 8.33. The van der Waals surface area contributed by atoms with Crippen molar-refractivity contribution in [1.82, 2.24) is 20.9 Å². The molecule has 33 heavy (non-hydrogen) atoms. The lowest BCUT2D eigenvalue weighted by molar-refractivity contribution is -0.125. The average Bonchev–Trinajstić information content (AvgIpc) is 3.37. The van der Waals surface area contributed by atoms with Crippen LogP contribution in [0.2, 0.25) is 0 Å². The fourth-order valence-corrected chi connectivity index (χ4v) is 4.14. The maximum atomic E-state index is 13.0. The highest BCUT2D eigenvalue weighted by Crippen LogP contribution is 2.22. The molecular weight excluding hydrogens is 418 g/mol. The molecule has 0 saturated carbocycles. The Morgan fingerprint density at radius 2 is 1.94 bits per heavy atom. The molecule has 1 aliphatic heterocycles. The summed E-state index contributed by atoms with van der Waals surface area (Å²) >= 11 is 0. The number of hydrogen-bond acceptors (Lipinski definition) is 4. The van der Waals surface area contributed by atoms with Crippen molar-refractivity contribution in [1.29, 1.82) is 5.26 Å². The molecule has 3 atom stereocenters. The maximum absolute atomic E-state index is 13.0. The van der Waals surface area contributed by atoms with Crippen molar-refractivity contribution in [3.63, 3.8) is 0 Å². The van der Waals surface area contributed by atoms with Gasteiger partial charge in [0.15, 0.2) is 0 Å². The highest BCUT2D eigenvalue weighted by Gasteiger charge is 2.30. The Balaban J connectivity index is 1.70. The molecule has 4 N–H and O–H groups in total. The van der Waals surface area contributed by atoms with Gasteiger partial charge in [0.2, 0.25) is 11.8 Å². The number of rotatable bonds is 9. The standard InChI is InChI=1S/C25H33N5O3/c1-14(2)9-21(24(32)28-19(13-26)11-17-7-8-27-23(17)31)30-25(33)22-12-18-10-16(15(3)4)5-6-20(18)29-22/h5-6,10,12,14-15,17,19,21,29H,7-9,11H2,1-4H3,(H,27,31)(H,28,32)(H,30,33)/t17-,19-,21-/m0/s1. The summed E-state index contributed by atoms with van der Waals surface area (Å²) in [5.74, 6) is -0.629. The molecule has 0 radical (unpaired) electrons. The van der Waals surface area contributed by atoms with Gasteiger partial charge < -0.3 is 20.9 Å². The minimum Gasteiger partial charge on any atom is -0.356 e. The third-order valence-corrected chi connectivity index (χ3v) is 6.04. The van der Waals surface area contributed by atoms with Crippen molar-refractivity contribution >= 4 is 28.6 Å². The predicted molar refractivity (Wildman–Crippen MR) is 126 cm³/mol. The number of aromatic amines is 1. The van der Waals surface area contributed by atoms with Crippen LogP contribution in [0.4, 0.5) is 0 Å². The number of H-pyrrole nitrogens is 1. The largest absolute Gasteiger partial charge is 0.356 e. The van der Waals surface area contributed by atoms with Crippen LogP contribution in [-0.2, 0) is 9.59 Å². The van der Waals surface area contributed by atoms with E-state index in [0.29, 0.717) is 31.0 Å². The number of fused-ring (bicyclic) bond motifs is 1. The molecular formula is C25H33N5O3. The van der Waals surface area contributed by atoms with Gasteiger partial charge in [-0.3, -0.25) is 14.4 Å². The molecule has 0 bridgehead atoms. The second-order valence-corrected chi connectivity index (χ2v) is 9.54. The Hall–Kier alpha value is -3.34. The molecule has 3 rings (SSSR count). The number of nitrogens with zero attached hydrogens (tertiary/aromatic N) is 1. The summed E-state index contributed by atoms with van der Waals surface area (Å²) in [6.07, 6.45) is 1.34. The van der Waals surface area contributed by atoms with Crippen LogP contribution >= 0.6 is 0 Å². The zero-order chi connectivity index (χ0) is 24.1. The van der Waals surface area contributed by atoms with E-state index in [1.807, 2.05) is 26.0 Å². The number of aromatic nitrogens is 1. The lowest BCUT2D eigenvalue weighted by atomic mass is 9.98. The van der Waals surface area contributed by atoms with E-state index in [4.69, 9.17) is 0 Å². The van der Waals surface area contributed by atoms with Gasteiger partial charge in [-0.25, -0.2) is 0 Å². The monoisotopic (exact) mass is 451 g/mol. The quantitative estimate of drug-likeness (QED) is 0.467. The molecule has 1 fully saturated rings. The van der Waals surface area contributed by atoms with E-state index in [0.717, 1.165) is 10.9 Å². The van der Waals surface area contributed by atoms with Crippen molar-refractivity contribution in [2.75, 3.05) is 6.54 Å². The summed E-state index contributed by atoms with van der Waals surface area (Å²) in [4.78, 5) is 40.9. The van der Waals surface area contributed by atoms with E-state index in [1.54, 1.807) is 6.07 Å². The normalized spacial score (nSPS) is 17.6. The average molecular weight is 452 g/mol. The first-order valence-electron chi connectivity index (χ1n) is 11.6. The van der Waals surface area contributed by atoms with Crippen LogP contribution in [-0.4, -0.2) is 41.3 Å². The number of nitrogens with one attached hydrogen (secondary N) is 4. The summed E-state index contributed by atoms with van der Waals surface area (Å²) in [6.45, 7) is 8.75. The fraction of sp³-hybridized carbons (Fsp3) is 0.520. The van der Waals surface area contributed by atoms with Crippen molar-refractivity contribution in [3.05, 3.63) is 35.5 Å². The number of benzene rings is 1. The first kappa shape index (κ1) is 24.3. The van der Waals surface area contributed by atoms with Crippen molar-refractivity contribution in [3.8, 4) is 6.07 Å². The Morgan fingerprint density at radius 3 is 2.55 bits per heavy atom. The molecule has 8 heteroatoms. The van der Waals surface area contributed by atoms with Crippen molar-refractivity contribution in [2.45, 2.75) is 65.0 Å². The van der Waals surface area contributed by atoms with E-state index < -0.39 is 18.0 Å². The number of hydrogen-bond donors (Lipinski definition) is 4. The molecule has 0 spiro atoms. The van der Waals surface area contributed by atoms with Crippen LogP contribution in [0.15, 0.2) is 24.3 Å². The molecule has 3 amide bonds. The van der Waals surface area contributed by atoms with Gasteiger partial charge in [0.1, 0.15) is 17.8 Å². The molecule has 176 valence electrons. The van der Waals surface area contributed by atoms with Crippen molar-refractivity contribution in [2.24, 2.45) is 11.8 Å². The first-order valence-corrected chi connectivity index (χ1v) is 11.6. The van der Waals surface area contributed by atoms with Gasteiger partial charge in [-0.05, 0) is 54.9 Å². The van der Waals surface area contributed by atoms with Gasteiger partial charge in [-0.2, -0.15) is 5.26 Å². The van der Waals surface area contributed by atoms with Gasteiger partial charge in [0.05, 0.1) is 6.07 Å². The highest BCUT2D eigenvalue weighted by molar-refractivity contribution is 6.00. The predicted octanol–water partition coefficient (Wildman–Crippen LogP) is 2.97. The summed E-state index contributed by atoms with van der Waals surface area (Å²) < 4.78 is 0. The lowest BCUT2D eigenvalue weighted by Crippen LogP contribution is -2.50. The van der Waals surface area contributed by atoms with E-state index >= 15 is 0 Å². The number of carbonyl (C=O) groups is 3. The lowest BCUT2D eigenvalue weighted by Gasteiger charge is -2.22. The van der Waals surface area contributed by atoms with E-state index in [1.165, 1.54) is 5.56 Å². The maximum Gasteiger partial charge on any atom is 0.268 e. The van der Waals surface area contributed by atoms with Crippen LogP contribution in [0.25, 0.3) is 10.9 Å². The van der Waals surface area contributed by atoms with Crippen LogP contribution in [0, 0.1) is 23.2 Å². The SMILES string of the molecule is CC(C)C[C@H](NC(=O)c1cc2cc(C(C)C)ccc2[nH]1)C(=O)N[C@H](C#N)C[C@@H]1CCNC1=O. The van der Waals surface area contributed by atoms with Gasteiger partial charge in [0.25, 0.3) is 5.91 Å². The fourth-order valence-electron chi connectivity index (χ4n) is 4.14. The summed E-state index contributed by atoms with van der Waals surface area (Å²) in [5, 5.41) is 18.7. The zero-order valence-electron chi connectivity index (χ0n) is 19.7. The second-order valence-electron chi connectivity index (χ2n) is 9.54. The summed E-state index contributed by atoms with van der Waals surface area (Å²) in [7, 11) is 0. The molecule has 0 aliphatic carbocycles. The second kappa shape index (κ2) is 10.5. The molecule has 2 heterocycles. The molecule has 2 aromatic rings. The Morgan fingerprint density at radius 1 is 1.18 bits per heavy atom. The zero-order valence-corrected chi connectivity index (χ0v) is 19.7. The van der Waals surface area contributed by atoms with Gasteiger partial charge >= 0.3 is 0 Å². The third kappa shape index (κ3) is 6.13. The minimum atomic E-state index is -0.791. The Labute approximate surface area is 194 Å². The number of amides is 3. The van der Waals surface area contributed by atoms with E-state index in [-0.39, 0.29) is 30.1 Å². The molecule has 8 nitrogen and oxygen atoms in total. The van der Waals surface area contributed by atoms with Crippen LogP contribution in [0.1, 0.15) is 68.9 Å². The van der Waals surface area contributed by atoms with Gasteiger partial charge in [-0.1, -0.05) is 33.8 Å². The van der Waals surface area contributed by atoms with Crippen LogP contribution in [0.5, 0.6) is 0 Å². The molecule has 1 aromatic carbocycles. The third-order valence-electron chi connectivity index (χ3n) is 6.04. The smallest absolute Gasteiger partial charge is 0.268 e. The molecule has 1 saturated heterocycles. The minimum absolute atomic E-state index is 0.0871. The van der Waals surface area contributed by atoms with Crippen molar-refractivity contribution < 1.29 is 14.4 Å². The van der Waals surface area contributed by atoms with E-state index in [2.05, 4.69) is 46.9 Å². The molecule has 0 unspecified atom stereocenters. The molecule has 1 aliphatic rings. The van der Waals surface area contributed by atoms with Crippen LogP contribution in [0.3, 0.4) is 0 Å². The topological polar surface area (TPSA) is 127 Å². The first-order chi connectivity index (χ1) is 15.7. The number of carbonyl (C=O) groups excluding carboxylic acids is 3. The summed E-state index contributed by atoms with van der Waals surface area (Å²) in [5.41, 5.74) is 2.42. The highest BCUT2D eigenvalue weighted by atomic mass is 16.2. The Kier molecular flexibility index (Phi) is 7.75. The van der Waals surface area contributed by atoms with Gasteiger partial charge in [-0.15, -0.1) is 0 Å². The van der Waals surface area contributed by atoms with Gasteiger partial charge in [0, 0.05) is 23.4 Å². The van der Waals surface area contributed by atoms with Crippen LogP contribution < -0.4 is 16.0 Å². The number of nitriles is 1.